The summed E-state index contributed by atoms with van der Waals surface area (Å²) in [6.45, 7) is 1.92. The highest BCUT2D eigenvalue weighted by molar-refractivity contribution is 6.31. The minimum Gasteiger partial charge on any atom is -0.239 e. The first-order chi connectivity index (χ1) is 7.22. The molecule has 3 nitrogen and oxygen atoms in total. The van der Waals surface area contributed by atoms with Crippen LogP contribution in [0.15, 0.2) is 30.6 Å². The molecule has 0 amide bonds. The SMILES string of the molecule is Cc1c(Cl)cccc1-n1cc(C#N)cn1. The lowest BCUT2D eigenvalue weighted by molar-refractivity contribution is 0.873. The Balaban J connectivity index is 2.55. The summed E-state index contributed by atoms with van der Waals surface area (Å²) in [6, 6.07) is 7.63. The molecule has 1 aromatic heterocycles. The number of nitrogens with zero attached hydrogens (tertiary/aromatic N) is 3. The van der Waals surface area contributed by atoms with Crippen molar-refractivity contribution in [3.05, 3.63) is 46.7 Å². The summed E-state index contributed by atoms with van der Waals surface area (Å²) in [5, 5.41) is 13.5. The molecular formula is C11H8ClN3. The number of hydrogen-bond donors (Lipinski definition) is 0. The first-order valence-electron chi connectivity index (χ1n) is 4.42. The van der Waals surface area contributed by atoms with E-state index in [2.05, 4.69) is 5.10 Å². The van der Waals surface area contributed by atoms with Gasteiger partial charge in [-0.2, -0.15) is 10.4 Å². The smallest absolute Gasteiger partial charge is 0.102 e. The molecule has 0 saturated carbocycles. The molecular weight excluding hydrogens is 210 g/mol. The third-order valence-corrected chi connectivity index (χ3v) is 2.61. The van der Waals surface area contributed by atoms with Gasteiger partial charge in [0.05, 0.1) is 17.4 Å². The van der Waals surface area contributed by atoms with E-state index in [4.69, 9.17) is 16.9 Å². The Morgan fingerprint density at radius 2 is 2.27 bits per heavy atom. The number of benzene rings is 1. The highest BCUT2D eigenvalue weighted by Gasteiger charge is 2.05. The Hall–Kier alpha value is -1.79. The van der Waals surface area contributed by atoms with Crippen LogP contribution in [0.4, 0.5) is 0 Å². The topological polar surface area (TPSA) is 41.6 Å². The van der Waals surface area contributed by atoms with Crippen LogP contribution in [-0.2, 0) is 0 Å². The van der Waals surface area contributed by atoms with Gasteiger partial charge < -0.3 is 0 Å². The van der Waals surface area contributed by atoms with Crippen molar-refractivity contribution < 1.29 is 0 Å². The van der Waals surface area contributed by atoms with E-state index < -0.39 is 0 Å². The van der Waals surface area contributed by atoms with Gasteiger partial charge in [0.2, 0.25) is 0 Å². The van der Waals surface area contributed by atoms with Crippen LogP contribution in [-0.4, -0.2) is 9.78 Å². The Bertz CT molecular complexity index is 537. The van der Waals surface area contributed by atoms with Crippen LogP contribution >= 0.6 is 11.6 Å². The summed E-state index contributed by atoms with van der Waals surface area (Å²) in [6.07, 6.45) is 3.21. The summed E-state index contributed by atoms with van der Waals surface area (Å²) >= 11 is 6.00. The predicted molar refractivity (Wildman–Crippen MR) is 58.0 cm³/mol. The molecule has 0 aliphatic carbocycles. The minimum atomic E-state index is 0.536. The molecule has 74 valence electrons. The number of aromatic nitrogens is 2. The average molecular weight is 218 g/mol. The van der Waals surface area contributed by atoms with Gasteiger partial charge >= 0.3 is 0 Å². The summed E-state index contributed by atoms with van der Waals surface area (Å²) in [7, 11) is 0. The van der Waals surface area contributed by atoms with Gasteiger partial charge in [-0.05, 0) is 24.6 Å². The molecule has 0 bridgehead atoms. The van der Waals surface area contributed by atoms with Gasteiger partial charge in [0.1, 0.15) is 6.07 Å². The fraction of sp³-hybridized carbons (Fsp3) is 0.0909. The zero-order valence-corrected chi connectivity index (χ0v) is 8.86. The first-order valence-corrected chi connectivity index (χ1v) is 4.80. The largest absolute Gasteiger partial charge is 0.239 e. The lowest BCUT2D eigenvalue weighted by Gasteiger charge is -2.06. The van der Waals surface area contributed by atoms with Crippen LogP contribution in [0.2, 0.25) is 5.02 Å². The summed E-state index contributed by atoms with van der Waals surface area (Å²) in [4.78, 5) is 0. The van der Waals surface area contributed by atoms with Gasteiger partial charge in [-0.1, -0.05) is 17.7 Å². The lowest BCUT2D eigenvalue weighted by atomic mass is 10.2. The Kier molecular flexibility index (Phi) is 2.44. The molecule has 0 fully saturated rings. The highest BCUT2D eigenvalue weighted by Crippen LogP contribution is 2.21. The summed E-state index contributed by atoms with van der Waals surface area (Å²) in [5.41, 5.74) is 2.38. The Morgan fingerprint density at radius 1 is 1.47 bits per heavy atom. The van der Waals surface area contributed by atoms with Crippen molar-refractivity contribution in [1.29, 1.82) is 5.26 Å². The minimum absolute atomic E-state index is 0.536. The van der Waals surface area contributed by atoms with Crippen LogP contribution in [0.3, 0.4) is 0 Å². The second-order valence-corrected chi connectivity index (χ2v) is 3.58. The van der Waals surface area contributed by atoms with Gasteiger partial charge in [-0.25, -0.2) is 4.68 Å². The van der Waals surface area contributed by atoms with Gasteiger partial charge in [-0.3, -0.25) is 0 Å². The zero-order chi connectivity index (χ0) is 10.8. The maximum Gasteiger partial charge on any atom is 0.102 e. The molecule has 1 aromatic carbocycles. The second kappa shape index (κ2) is 3.76. The van der Waals surface area contributed by atoms with Crippen LogP contribution in [0, 0.1) is 18.3 Å². The third kappa shape index (κ3) is 1.72. The quantitative estimate of drug-likeness (QED) is 0.737. The maximum atomic E-state index is 8.69. The van der Waals surface area contributed by atoms with Crippen LogP contribution in [0.25, 0.3) is 5.69 Å². The molecule has 0 N–H and O–H groups in total. The molecule has 4 heteroatoms. The molecule has 0 saturated heterocycles. The zero-order valence-electron chi connectivity index (χ0n) is 8.11. The number of hydrogen-bond acceptors (Lipinski definition) is 2. The number of rotatable bonds is 1. The van der Waals surface area contributed by atoms with Gasteiger partial charge in [0, 0.05) is 11.2 Å². The van der Waals surface area contributed by atoms with E-state index in [0.717, 1.165) is 11.3 Å². The van der Waals surface area contributed by atoms with Crippen LogP contribution in [0.5, 0.6) is 0 Å². The summed E-state index contributed by atoms with van der Waals surface area (Å²) in [5.74, 6) is 0. The highest BCUT2D eigenvalue weighted by atomic mass is 35.5. The molecule has 0 aliphatic rings. The van der Waals surface area contributed by atoms with Gasteiger partial charge in [-0.15, -0.1) is 0 Å². The fourth-order valence-electron chi connectivity index (χ4n) is 1.36. The summed E-state index contributed by atoms with van der Waals surface area (Å²) < 4.78 is 1.65. The van der Waals surface area contributed by atoms with Crippen molar-refractivity contribution in [2.24, 2.45) is 0 Å². The Labute approximate surface area is 92.5 Å². The lowest BCUT2D eigenvalue weighted by Crippen LogP contribution is -1.97. The molecule has 15 heavy (non-hydrogen) atoms. The van der Waals surface area contributed by atoms with Crippen molar-refractivity contribution in [3.63, 3.8) is 0 Å². The molecule has 2 rings (SSSR count). The molecule has 0 atom stereocenters. The third-order valence-electron chi connectivity index (χ3n) is 2.20. The van der Waals surface area contributed by atoms with Crippen molar-refractivity contribution in [3.8, 4) is 11.8 Å². The second-order valence-electron chi connectivity index (χ2n) is 3.17. The van der Waals surface area contributed by atoms with Crippen LogP contribution in [0.1, 0.15) is 11.1 Å². The van der Waals surface area contributed by atoms with E-state index in [9.17, 15) is 0 Å². The molecule has 0 aliphatic heterocycles. The van der Waals surface area contributed by atoms with E-state index in [1.165, 1.54) is 6.20 Å². The average Bonchev–Trinajstić information content (AvgIpc) is 2.70. The van der Waals surface area contributed by atoms with Crippen molar-refractivity contribution in [2.75, 3.05) is 0 Å². The fourth-order valence-corrected chi connectivity index (χ4v) is 1.53. The number of halogens is 1. The predicted octanol–water partition coefficient (Wildman–Crippen LogP) is 2.71. The van der Waals surface area contributed by atoms with Crippen LogP contribution < -0.4 is 0 Å². The van der Waals surface area contributed by atoms with E-state index in [-0.39, 0.29) is 0 Å². The van der Waals surface area contributed by atoms with E-state index in [0.29, 0.717) is 10.6 Å². The maximum absolute atomic E-state index is 8.69. The van der Waals surface area contributed by atoms with Crippen molar-refractivity contribution in [1.82, 2.24) is 9.78 Å². The van der Waals surface area contributed by atoms with E-state index in [1.54, 1.807) is 10.9 Å². The molecule has 0 spiro atoms. The van der Waals surface area contributed by atoms with Gasteiger partial charge in [0.25, 0.3) is 0 Å². The normalized spacial score (nSPS) is 9.93. The molecule has 1 heterocycles. The van der Waals surface area contributed by atoms with Gasteiger partial charge in [0.15, 0.2) is 0 Å². The monoisotopic (exact) mass is 217 g/mol. The molecule has 2 aromatic rings. The van der Waals surface area contributed by atoms with E-state index >= 15 is 0 Å². The Morgan fingerprint density at radius 3 is 2.93 bits per heavy atom. The van der Waals surface area contributed by atoms with E-state index in [1.807, 2.05) is 31.2 Å². The molecule has 0 unspecified atom stereocenters. The van der Waals surface area contributed by atoms with Crippen molar-refractivity contribution >= 4 is 11.6 Å². The molecule has 0 radical (unpaired) electrons. The number of nitriles is 1. The first kappa shape index (κ1) is 9.75. The van der Waals surface area contributed by atoms with Crippen molar-refractivity contribution in [2.45, 2.75) is 6.92 Å². The standard InChI is InChI=1S/C11H8ClN3/c1-8-10(12)3-2-4-11(8)15-7-9(5-13)6-14-15/h2-4,6-7H,1H3.